The second-order valence-electron chi connectivity index (χ2n) is 3.01. The fourth-order valence-corrected chi connectivity index (χ4v) is 1.14. The summed E-state index contributed by atoms with van der Waals surface area (Å²) in [7, 11) is 0. The molecule has 0 heterocycles. The van der Waals surface area contributed by atoms with Crippen LogP contribution in [0.3, 0.4) is 0 Å². The normalized spacial score (nSPS) is 9.86. The maximum atomic E-state index is 12.8. The zero-order chi connectivity index (χ0) is 10.7. The summed E-state index contributed by atoms with van der Waals surface area (Å²) in [5.41, 5.74) is 0.698. The van der Waals surface area contributed by atoms with Gasteiger partial charge in [-0.15, -0.1) is 0 Å². The van der Waals surface area contributed by atoms with E-state index in [2.05, 4.69) is 0 Å². The molecule has 1 aromatic rings. The van der Waals surface area contributed by atoms with Crippen LogP contribution in [0.2, 0.25) is 0 Å². The molecule has 0 radical (unpaired) electrons. The maximum absolute atomic E-state index is 12.8. The number of ketones is 1. The molecule has 0 aromatic heterocycles. The van der Waals surface area contributed by atoms with Gasteiger partial charge in [0.1, 0.15) is 12.2 Å². The number of hydrogen-bond acceptors (Lipinski definition) is 2. The summed E-state index contributed by atoms with van der Waals surface area (Å²) in [6.07, 6.45) is -0.608. The topological polar surface area (TPSA) is 54.4 Å². The number of carboxylic acids is 1. The van der Waals surface area contributed by atoms with Crippen molar-refractivity contribution in [2.45, 2.75) is 13.3 Å². The molecular weight excluding hydrogens is 187 g/mol. The molecule has 0 spiro atoms. The van der Waals surface area contributed by atoms with Crippen molar-refractivity contribution in [3.8, 4) is 0 Å². The van der Waals surface area contributed by atoms with Crippen LogP contribution in [0.4, 0.5) is 4.39 Å². The molecule has 0 bridgehead atoms. The second-order valence-corrected chi connectivity index (χ2v) is 3.01. The van der Waals surface area contributed by atoms with Gasteiger partial charge >= 0.3 is 5.97 Å². The van der Waals surface area contributed by atoms with Crippen molar-refractivity contribution in [3.05, 3.63) is 35.1 Å². The maximum Gasteiger partial charge on any atom is 0.311 e. The summed E-state index contributed by atoms with van der Waals surface area (Å²) in [5.74, 6) is -2.32. The van der Waals surface area contributed by atoms with E-state index in [1.165, 1.54) is 12.1 Å². The minimum absolute atomic E-state index is 0.102. The number of aliphatic carboxylic acids is 1. The van der Waals surface area contributed by atoms with Gasteiger partial charge in [0.05, 0.1) is 0 Å². The first-order valence-electron chi connectivity index (χ1n) is 4.01. The van der Waals surface area contributed by atoms with Gasteiger partial charge in [0.15, 0.2) is 5.78 Å². The molecule has 0 saturated carbocycles. The van der Waals surface area contributed by atoms with Gasteiger partial charge in [0.25, 0.3) is 0 Å². The number of halogens is 1. The fraction of sp³-hybridized carbons (Fsp3) is 0.200. The molecule has 0 aliphatic heterocycles. The third-order valence-electron chi connectivity index (χ3n) is 1.68. The Kier molecular flexibility index (Phi) is 2.96. The molecule has 0 unspecified atom stereocenters. The van der Waals surface area contributed by atoms with E-state index in [1.807, 2.05) is 0 Å². The summed E-state index contributed by atoms with van der Waals surface area (Å²) < 4.78 is 12.8. The highest BCUT2D eigenvalue weighted by molar-refractivity contribution is 6.05. The summed E-state index contributed by atoms with van der Waals surface area (Å²) in [6, 6.07) is 3.78. The van der Waals surface area contributed by atoms with Gasteiger partial charge in [-0.25, -0.2) is 4.39 Å². The van der Waals surface area contributed by atoms with Crippen molar-refractivity contribution in [2.75, 3.05) is 0 Å². The van der Waals surface area contributed by atoms with Gasteiger partial charge < -0.3 is 5.11 Å². The summed E-state index contributed by atoms with van der Waals surface area (Å²) in [5, 5.41) is 8.37. The Balaban J connectivity index is 2.95. The molecule has 3 nitrogen and oxygen atoms in total. The molecule has 0 fully saturated rings. The molecule has 0 aliphatic rings. The van der Waals surface area contributed by atoms with E-state index in [0.717, 1.165) is 6.07 Å². The molecular formula is C10H9FO3. The highest BCUT2D eigenvalue weighted by atomic mass is 19.1. The van der Waals surface area contributed by atoms with Crippen molar-refractivity contribution >= 4 is 11.8 Å². The van der Waals surface area contributed by atoms with E-state index < -0.39 is 24.0 Å². The minimum atomic E-state index is -1.21. The molecule has 0 saturated heterocycles. The Morgan fingerprint density at radius 1 is 1.36 bits per heavy atom. The lowest BCUT2D eigenvalue weighted by Crippen LogP contribution is -2.07. The number of carbonyl (C=O) groups excluding carboxylic acids is 1. The number of aryl methyl sites for hydroxylation is 1. The van der Waals surface area contributed by atoms with Crippen LogP contribution in [-0.2, 0) is 4.79 Å². The van der Waals surface area contributed by atoms with Crippen molar-refractivity contribution in [1.82, 2.24) is 0 Å². The minimum Gasteiger partial charge on any atom is -0.481 e. The summed E-state index contributed by atoms with van der Waals surface area (Å²) in [4.78, 5) is 21.5. The van der Waals surface area contributed by atoms with Crippen LogP contribution in [0.15, 0.2) is 18.2 Å². The quantitative estimate of drug-likeness (QED) is 0.592. The van der Waals surface area contributed by atoms with Crippen molar-refractivity contribution in [3.63, 3.8) is 0 Å². The van der Waals surface area contributed by atoms with Crippen LogP contribution in [0, 0.1) is 12.7 Å². The predicted octanol–water partition coefficient (Wildman–Crippen LogP) is 1.79. The van der Waals surface area contributed by atoms with Gasteiger partial charge in [-0.05, 0) is 30.7 Å². The predicted molar refractivity (Wildman–Crippen MR) is 47.7 cm³/mol. The molecule has 14 heavy (non-hydrogen) atoms. The Labute approximate surface area is 80.2 Å². The number of rotatable bonds is 3. The van der Waals surface area contributed by atoms with E-state index in [0.29, 0.717) is 5.56 Å². The third-order valence-corrected chi connectivity index (χ3v) is 1.68. The zero-order valence-electron chi connectivity index (χ0n) is 7.58. The summed E-state index contributed by atoms with van der Waals surface area (Å²) in [6.45, 7) is 1.64. The molecule has 1 aromatic carbocycles. The standard InChI is InChI=1S/C10H9FO3/c1-6-2-7(4-8(11)3-6)9(12)5-10(13)14/h2-4H,5H2,1H3,(H,13,14). The number of carboxylic acid groups (broad SMARTS) is 1. The van der Waals surface area contributed by atoms with Gasteiger partial charge in [-0.2, -0.15) is 0 Å². The molecule has 74 valence electrons. The highest BCUT2D eigenvalue weighted by Crippen LogP contribution is 2.10. The lowest BCUT2D eigenvalue weighted by atomic mass is 10.1. The third kappa shape index (κ3) is 2.65. The molecule has 0 aliphatic carbocycles. The molecule has 4 heteroatoms. The van der Waals surface area contributed by atoms with Crippen molar-refractivity contribution in [1.29, 1.82) is 0 Å². The van der Waals surface area contributed by atoms with Crippen LogP contribution in [-0.4, -0.2) is 16.9 Å². The second kappa shape index (κ2) is 4.00. The van der Waals surface area contributed by atoms with Crippen molar-refractivity contribution in [2.24, 2.45) is 0 Å². The number of hydrogen-bond donors (Lipinski definition) is 1. The number of carbonyl (C=O) groups is 2. The average molecular weight is 196 g/mol. The first-order chi connectivity index (χ1) is 6.49. The number of benzene rings is 1. The van der Waals surface area contributed by atoms with Gasteiger partial charge in [0.2, 0.25) is 0 Å². The van der Waals surface area contributed by atoms with E-state index in [1.54, 1.807) is 6.92 Å². The van der Waals surface area contributed by atoms with E-state index in [-0.39, 0.29) is 5.56 Å². The van der Waals surface area contributed by atoms with Gasteiger partial charge in [0, 0.05) is 5.56 Å². The van der Waals surface area contributed by atoms with Crippen LogP contribution in [0.5, 0.6) is 0 Å². The van der Waals surface area contributed by atoms with Gasteiger partial charge in [-0.1, -0.05) is 0 Å². The zero-order valence-corrected chi connectivity index (χ0v) is 7.58. The van der Waals surface area contributed by atoms with Crippen LogP contribution < -0.4 is 0 Å². The van der Waals surface area contributed by atoms with Crippen LogP contribution >= 0.6 is 0 Å². The van der Waals surface area contributed by atoms with Crippen LogP contribution in [0.25, 0.3) is 0 Å². The van der Waals surface area contributed by atoms with E-state index in [4.69, 9.17) is 5.11 Å². The Bertz CT molecular complexity index is 365. The average Bonchev–Trinajstić information content (AvgIpc) is 2.00. The Hall–Kier alpha value is -1.71. The first-order valence-corrected chi connectivity index (χ1v) is 4.01. The molecule has 0 amide bonds. The first kappa shape index (κ1) is 10.4. The van der Waals surface area contributed by atoms with E-state index in [9.17, 15) is 14.0 Å². The van der Waals surface area contributed by atoms with E-state index >= 15 is 0 Å². The van der Waals surface area contributed by atoms with Gasteiger partial charge in [-0.3, -0.25) is 9.59 Å². The van der Waals surface area contributed by atoms with Crippen LogP contribution in [0.1, 0.15) is 22.3 Å². The molecule has 1 N–H and O–H groups in total. The molecule has 0 atom stereocenters. The van der Waals surface area contributed by atoms with Crippen molar-refractivity contribution < 1.29 is 19.1 Å². The fourth-order valence-electron chi connectivity index (χ4n) is 1.14. The lowest BCUT2D eigenvalue weighted by Gasteiger charge is -2.00. The highest BCUT2D eigenvalue weighted by Gasteiger charge is 2.11. The largest absolute Gasteiger partial charge is 0.481 e. The SMILES string of the molecule is Cc1cc(F)cc(C(=O)CC(=O)O)c1. The summed E-state index contributed by atoms with van der Waals surface area (Å²) >= 11 is 0. The smallest absolute Gasteiger partial charge is 0.311 e. The Morgan fingerprint density at radius 2 is 2.00 bits per heavy atom. The number of Topliss-reactive ketones (excluding diaryl/α,β-unsaturated/α-hetero) is 1. The lowest BCUT2D eigenvalue weighted by molar-refractivity contribution is -0.135. The Morgan fingerprint density at radius 3 is 2.50 bits per heavy atom. The monoisotopic (exact) mass is 196 g/mol. The molecule has 1 rings (SSSR count).